The molecule has 1 aliphatic heterocycles. The van der Waals surface area contributed by atoms with Gasteiger partial charge in [0.25, 0.3) is 15.9 Å². The van der Waals surface area contributed by atoms with Crippen molar-refractivity contribution in [2.24, 2.45) is 0 Å². The van der Waals surface area contributed by atoms with Crippen molar-refractivity contribution in [3.05, 3.63) is 79.8 Å². The average Bonchev–Trinajstić information content (AvgIpc) is 3.43. The maximum atomic E-state index is 13.3. The molecule has 2 aromatic carbocycles. The number of rotatable bonds is 5. The van der Waals surface area contributed by atoms with Gasteiger partial charge in [-0.1, -0.05) is 41.4 Å². The van der Waals surface area contributed by atoms with Crippen LogP contribution in [-0.2, 0) is 16.4 Å². The number of thiazole rings is 1. The van der Waals surface area contributed by atoms with E-state index in [4.69, 9.17) is 23.2 Å². The normalized spacial score (nSPS) is 13.5. The van der Waals surface area contributed by atoms with Gasteiger partial charge in [-0.25, -0.2) is 13.4 Å². The molecular formula is C23H17Cl2N3O3S3. The fraction of sp³-hybridized carbons (Fsp3) is 0.130. The smallest absolute Gasteiger partial charge is 0.264 e. The molecular weight excluding hydrogens is 533 g/mol. The zero-order valence-corrected chi connectivity index (χ0v) is 21.5. The molecule has 3 heterocycles. The van der Waals surface area contributed by atoms with Crippen molar-refractivity contribution in [2.45, 2.75) is 17.7 Å². The fourth-order valence-electron chi connectivity index (χ4n) is 3.79. The molecule has 2 aromatic heterocycles. The largest absolute Gasteiger partial charge is 0.298 e. The Bertz CT molecular complexity index is 1480. The predicted octanol–water partition coefficient (Wildman–Crippen LogP) is 6.57. The van der Waals surface area contributed by atoms with E-state index in [0.717, 1.165) is 18.4 Å². The van der Waals surface area contributed by atoms with Crippen LogP contribution >= 0.6 is 45.9 Å². The molecule has 0 spiro atoms. The number of carbonyl (C=O) groups excluding carboxylic acids is 1. The molecule has 0 fully saturated rings. The number of aryl methyl sites for hydroxylation is 1. The predicted molar refractivity (Wildman–Crippen MR) is 139 cm³/mol. The summed E-state index contributed by atoms with van der Waals surface area (Å²) in [4.78, 5) is 17.3. The lowest BCUT2D eigenvalue weighted by Crippen LogP contribution is -2.35. The molecule has 1 amide bonds. The number of hydrogen-bond donors (Lipinski definition) is 1. The average molecular weight is 551 g/mol. The summed E-state index contributed by atoms with van der Waals surface area (Å²) in [6.07, 6.45) is 1.61. The number of hydrogen-bond acceptors (Lipinski definition) is 6. The number of thiophene rings is 1. The summed E-state index contributed by atoms with van der Waals surface area (Å²) >= 11 is 14.7. The zero-order chi connectivity index (χ0) is 23.9. The van der Waals surface area contributed by atoms with Gasteiger partial charge < -0.3 is 0 Å². The van der Waals surface area contributed by atoms with Crippen LogP contribution < -0.4 is 9.62 Å². The lowest BCUT2D eigenvalue weighted by atomic mass is 10.0. The van der Waals surface area contributed by atoms with E-state index in [1.807, 2.05) is 24.3 Å². The minimum atomic E-state index is -3.74. The molecule has 4 aromatic rings. The molecule has 0 unspecified atom stereocenters. The van der Waals surface area contributed by atoms with E-state index in [1.54, 1.807) is 11.4 Å². The Morgan fingerprint density at radius 1 is 1.09 bits per heavy atom. The van der Waals surface area contributed by atoms with Gasteiger partial charge in [0.05, 0.1) is 20.6 Å². The van der Waals surface area contributed by atoms with Crippen LogP contribution in [0, 0.1) is 0 Å². The van der Waals surface area contributed by atoms with Crippen LogP contribution in [0.5, 0.6) is 0 Å². The molecule has 0 aliphatic carbocycles. The van der Waals surface area contributed by atoms with E-state index in [0.29, 0.717) is 42.9 Å². The van der Waals surface area contributed by atoms with Gasteiger partial charge in [-0.3, -0.25) is 14.4 Å². The van der Waals surface area contributed by atoms with Crippen molar-refractivity contribution < 1.29 is 13.2 Å². The number of amides is 1. The van der Waals surface area contributed by atoms with Crippen molar-refractivity contribution in [3.8, 4) is 11.3 Å². The van der Waals surface area contributed by atoms with Crippen LogP contribution in [0.25, 0.3) is 11.3 Å². The number of benzene rings is 2. The quantitative estimate of drug-likeness (QED) is 0.305. The standard InChI is InChI=1S/C23H17Cl2N3O3S3/c24-20-12-17(21(25)33-20)18-13-32-23(26-18)27-22(29)15-7-9-16(10-8-15)34(30,31)28-11-3-5-14-4-1-2-6-19(14)28/h1-2,4,6-10,12-13H,3,5,11H2,(H,26,27,29). The van der Waals surface area contributed by atoms with Gasteiger partial charge in [0.15, 0.2) is 5.13 Å². The number of nitrogens with zero attached hydrogens (tertiary/aromatic N) is 2. The Kier molecular flexibility index (Phi) is 6.39. The van der Waals surface area contributed by atoms with Crippen LogP contribution in [0.1, 0.15) is 22.3 Å². The number of nitrogens with one attached hydrogen (secondary N) is 1. The van der Waals surface area contributed by atoms with Gasteiger partial charge >= 0.3 is 0 Å². The molecule has 34 heavy (non-hydrogen) atoms. The van der Waals surface area contributed by atoms with E-state index in [9.17, 15) is 13.2 Å². The summed E-state index contributed by atoms with van der Waals surface area (Å²) in [5, 5.41) is 4.93. The van der Waals surface area contributed by atoms with Crippen LogP contribution in [0.4, 0.5) is 10.8 Å². The number of fused-ring (bicyclic) bond motifs is 1. The highest BCUT2D eigenvalue weighted by molar-refractivity contribution is 7.92. The third kappa shape index (κ3) is 4.46. The second-order valence-electron chi connectivity index (χ2n) is 7.56. The molecule has 6 nitrogen and oxygen atoms in total. The van der Waals surface area contributed by atoms with Crippen LogP contribution in [0.3, 0.4) is 0 Å². The second-order valence-corrected chi connectivity index (χ2v) is 12.6. The van der Waals surface area contributed by atoms with E-state index in [2.05, 4.69) is 10.3 Å². The van der Waals surface area contributed by atoms with Gasteiger partial charge in [0.2, 0.25) is 0 Å². The summed E-state index contributed by atoms with van der Waals surface area (Å²) < 4.78 is 29.1. The minimum Gasteiger partial charge on any atom is -0.298 e. The van der Waals surface area contributed by atoms with E-state index < -0.39 is 10.0 Å². The first-order chi connectivity index (χ1) is 16.3. The topological polar surface area (TPSA) is 79.4 Å². The fourth-order valence-corrected chi connectivity index (χ4v) is 7.52. The van der Waals surface area contributed by atoms with Crippen LogP contribution in [-0.4, -0.2) is 25.9 Å². The molecule has 0 bridgehead atoms. The Labute approximate surface area is 214 Å². The SMILES string of the molecule is O=C(Nc1nc(-c2cc(Cl)sc2Cl)cs1)c1ccc(S(=O)(=O)N2CCCc3ccccc32)cc1. The highest BCUT2D eigenvalue weighted by Crippen LogP contribution is 2.39. The highest BCUT2D eigenvalue weighted by Gasteiger charge is 2.29. The zero-order valence-electron chi connectivity index (χ0n) is 17.5. The van der Waals surface area contributed by atoms with Crippen molar-refractivity contribution >= 4 is 72.6 Å². The number of halogens is 2. The maximum Gasteiger partial charge on any atom is 0.264 e. The summed E-state index contributed by atoms with van der Waals surface area (Å²) in [6, 6.07) is 15.2. The van der Waals surface area contributed by atoms with E-state index in [1.165, 1.54) is 51.2 Å². The molecule has 11 heteroatoms. The summed E-state index contributed by atoms with van der Waals surface area (Å²) in [6.45, 7) is 0.424. The third-order valence-electron chi connectivity index (χ3n) is 5.43. The van der Waals surface area contributed by atoms with Crippen LogP contribution in [0.15, 0.2) is 64.9 Å². The van der Waals surface area contributed by atoms with E-state index in [-0.39, 0.29) is 10.8 Å². The molecule has 1 aliphatic rings. The Balaban J connectivity index is 1.33. The monoisotopic (exact) mass is 549 g/mol. The lowest BCUT2D eigenvalue weighted by molar-refractivity contribution is 0.102. The van der Waals surface area contributed by atoms with Crippen LogP contribution in [0.2, 0.25) is 8.67 Å². The van der Waals surface area contributed by atoms with Gasteiger partial charge in [-0.05, 0) is 54.8 Å². The first kappa shape index (κ1) is 23.3. The van der Waals surface area contributed by atoms with Gasteiger partial charge in [0, 0.05) is 23.1 Å². The molecule has 5 rings (SSSR count). The number of carbonyl (C=O) groups is 1. The van der Waals surface area contributed by atoms with Gasteiger partial charge in [-0.2, -0.15) is 0 Å². The molecule has 1 N–H and O–H groups in total. The number of para-hydroxylation sites is 1. The molecule has 0 radical (unpaired) electrons. The molecule has 174 valence electrons. The van der Waals surface area contributed by atoms with Crippen molar-refractivity contribution in [1.29, 1.82) is 0 Å². The first-order valence-corrected chi connectivity index (χ1v) is 14.1. The summed E-state index contributed by atoms with van der Waals surface area (Å²) in [5.74, 6) is -0.386. The van der Waals surface area contributed by atoms with Crippen molar-refractivity contribution in [3.63, 3.8) is 0 Å². The maximum absolute atomic E-state index is 13.3. The Morgan fingerprint density at radius 3 is 2.59 bits per heavy atom. The van der Waals surface area contributed by atoms with Crippen molar-refractivity contribution in [1.82, 2.24) is 4.98 Å². The van der Waals surface area contributed by atoms with E-state index >= 15 is 0 Å². The lowest BCUT2D eigenvalue weighted by Gasteiger charge is -2.30. The van der Waals surface area contributed by atoms with Crippen molar-refractivity contribution in [2.75, 3.05) is 16.2 Å². The Morgan fingerprint density at radius 2 is 1.85 bits per heavy atom. The third-order valence-corrected chi connectivity index (χ3v) is 9.50. The van der Waals surface area contributed by atoms with Gasteiger partial charge in [0.1, 0.15) is 4.34 Å². The van der Waals surface area contributed by atoms with Gasteiger partial charge in [-0.15, -0.1) is 22.7 Å². The summed E-state index contributed by atoms with van der Waals surface area (Å²) in [5.41, 5.74) is 3.38. The molecule has 0 saturated heterocycles. The Hall–Kier alpha value is -2.43. The second kappa shape index (κ2) is 9.31. The number of anilines is 2. The first-order valence-electron chi connectivity index (χ1n) is 10.3. The summed E-state index contributed by atoms with van der Waals surface area (Å²) in [7, 11) is -3.74. The molecule has 0 atom stereocenters. The highest BCUT2D eigenvalue weighted by atomic mass is 35.5. The number of aromatic nitrogens is 1. The molecule has 0 saturated carbocycles. The number of sulfonamides is 1. The minimum absolute atomic E-state index is 0.140.